The van der Waals surface area contributed by atoms with Crippen LogP contribution in [0.2, 0.25) is 0 Å². The van der Waals surface area contributed by atoms with Gasteiger partial charge >= 0.3 is 5.97 Å². The molecular formula is C8H5BrO2. The SMILES string of the molecule is O=C1Oc2ccccc2[C@H]1Br. The lowest BCUT2D eigenvalue weighted by Gasteiger charge is -1.93. The number of fused-ring (bicyclic) bond motifs is 1. The van der Waals surface area contributed by atoms with Gasteiger partial charge in [-0.2, -0.15) is 0 Å². The summed E-state index contributed by atoms with van der Waals surface area (Å²) in [6.45, 7) is 0. The Hall–Kier alpha value is -0.830. The molecule has 0 amide bonds. The molecule has 1 heterocycles. The summed E-state index contributed by atoms with van der Waals surface area (Å²) in [6, 6.07) is 7.39. The quantitative estimate of drug-likeness (QED) is 0.374. The predicted molar refractivity (Wildman–Crippen MR) is 43.7 cm³/mol. The Kier molecular flexibility index (Phi) is 1.46. The second-order valence-electron chi connectivity index (χ2n) is 2.32. The molecule has 0 unspecified atom stereocenters. The van der Waals surface area contributed by atoms with E-state index in [9.17, 15) is 4.79 Å². The Morgan fingerprint density at radius 3 is 2.82 bits per heavy atom. The maximum absolute atomic E-state index is 11.0. The molecule has 1 aromatic carbocycles. The van der Waals surface area contributed by atoms with Gasteiger partial charge in [0.15, 0.2) is 0 Å². The highest BCUT2D eigenvalue weighted by Crippen LogP contribution is 2.37. The number of ether oxygens (including phenoxy) is 1. The molecule has 1 aliphatic rings. The molecule has 0 saturated heterocycles. The number of hydrogen-bond acceptors (Lipinski definition) is 2. The van der Waals surface area contributed by atoms with Crippen molar-refractivity contribution in [2.75, 3.05) is 0 Å². The van der Waals surface area contributed by atoms with E-state index < -0.39 is 0 Å². The molecular weight excluding hydrogens is 208 g/mol. The average molecular weight is 213 g/mol. The topological polar surface area (TPSA) is 26.3 Å². The number of halogens is 1. The Morgan fingerprint density at radius 1 is 1.36 bits per heavy atom. The van der Waals surface area contributed by atoms with Gasteiger partial charge in [-0.25, -0.2) is 0 Å². The summed E-state index contributed by atoms with van der Waals surface area (Å²) in [5, 5.41) is 0. The van der Waals surface area contributed by atoms with Crippen LogP contribution < -0.4 is 4.74 Å². The number of carbonyl (C=O) groups excluding carboxylic acids is 1. The van der Waals surface area contributed by atoms with E-state index in [1.807, 2.05) is 18.2 Å². The maximum Gasteiger partial charge on any atom is 0.329 e. The molecule has 56 valence electrons. The first-order chi connectivity index (χ1) is 5.29. The molecule has 2 rings (SSSR count). The molecule has 0 bridgehead atoms. The van der Waals surface area contributed by atoms with Crippen LogP contribution in [0.25, 0.3) is 0 Å². The van der Waals surface area contributed by atoms with Crippen LogP contribution in [0, 0.1) is 0 Å². The van der Waals surface area contributed by atoms with Gasteiger partial charge in [-0.1, -0.05) is 34.1 Å². The molecule has 0 N–H and O–H groups in total. The molecule has 0 spiro atoms. The Bertz CT molecular complexity index is 309. The van der Waals surface area contributed by atoms with Gasteiger partial charge in [0, 0.05) is 5.56 Å². The Morgan fingerprint density at radius 2 is 2.09 bits per heavy atom. The van der Waals surface area contributed by atoms with Crippen molar-refractivity contribution in [1.29, 1.82) is 0 Å². The summed E-state index contributed by atoms with van der Waals surface area (Å²) in [4.78, 5) is 10.7. The Labute approximate surface area is 72.3 Å². The minimum atomic E-state index is -0.279. The van der Waals surface area contributed by atoms with E-state index in [0.29, 0.717) is 5.75 Å². The van der Waals surface area contributed by atoms with Gasteiger partial charge < -0.3 is 4.74 Å². The summed E-state index contributed by atoms with van der Waals surface area (Å²) >= 11 is 3.23. The van der Waals surface area contributed by atoms with Crippen LogP contribution in [0.1, 0.15) is 10.4 Å². The van der Waals surface area contributed by atoms with Crippen molar-refractivity contribution in [3.05, 3.63) is 29.8 Å². The molecule has 0 aliphatic carbocycles. The third-order valence-corrected chi connectivity index (χ3v) is 2.48. The molecule has 0 saturated carbocycles. The van der Waals surface area contributed by atoms with Crippen molar-refractivity contribution in [2.45, 2.75) is 4.83 Å². The third-order valence-electron chi connectivity index (χ3n) is 1.61. The monoisotopic (exact) mass is 212 g/mol. The second-order valence-corrected chi connectivity index (χ2v) is 3.24. The summed E-state index contributed by atoms with van der Waals surface area (Å²) in [6.07, 6.45) is 0. The predicted octanol–water partition coefficient (Wildman–Crippen LogP) is 2.04. The standard InChI is InChI=1S/C8H5BrO2/c9-7-5-3-1-2-4-6(5)11-8(7)10/h1-4,7H/t7-/m1/s1. The fourth-order valence-electron chi connectivity index (χ4n) is 1.07. The highest BCUT2D eigenvalue weighted by atomic mass is 79.9. The van der Waals surface area contributed by atoms with E-state index in [2.05, 4.69) is 15.9 Å². The van der Waals surface area contributed by atoms with Crippen molar-refractivity contribution >= 4 is 21.9 Å². The minimum Gasteiger partial charge on any atom is -0.425 e. The highest BCUT2D eigenvalue weighted by Gasteiger charge is 2.29. The lowest BCUT2D eigenvalue weighted by Crippen LogP contribution is -2.03. The van der Waals surface area contributed by atoms with Crippen molar-refractivity contribution in [3.63, 3.8) is 0 Å². The lowest BCUT2D eigenvalue weighted by atomic mass is 10.2. The molecule has 0 radical (unpaired) electrons. The van der Waals surface area contributed by atoms with E-state index in [-0.39, 0.29) is 10.8 Å². The first-order valence-corrected chi connectivity index (χ1v) is 4.15. The summed E-state index contributed by atoms with van der Waals surface area (Å²) in [7, 11) is 0. The largest absolute Gasteiger partial charge is 0.425 e. The van der Waals surface area contributed by atoms with E-state index in [1.165, 1.54) is 0 Å². The molecule has 3 heteroatoms. The zero-order chi connectivity index (χ0) is 7.84. The van der Waals surface area contributed by atoms with E-state index in [1.54, 1.807) is 6.07 Å². The number of hydrogen-bond donors (Lipinski definition) is 0. The van der Waals surface area contributed by atoms with Crippen LogP contribution in [-0.4, -0.2) is 5.97 Å². The second kappa shape index (κ2) is 2.34. The molecule has 1 aromatic rings. The summed E-state index contributed by atoms with van der Waals surface area (Å²) in [5.41, 5.74) is 0.914. The van der Waals surface area contributed by atoms with E-state index >= 15 is 0 Å². The number of benzene rings is 1. The van der Waals surface area contributed by atoms with Crippen LogP contribution in [0.3, 0.4) is 0 Å². The Balaban J connectivity index is 2.55. The maximum atomic E-state index is 11.0. The first kappa shape index (κ1) is 6.85. The van der Waals surface area contributed by atoms with Gasteiger partial charge in [0.25, 0.3) is 0 Å². The van der Waals surface area contributed by atoms with Crippen molar-refractivity contribution in [3.8, 4) is 5.75 Å². The van der Waals surface area contributed by atoms with Crippen molar-refractivity contribution < 1.29 is 9.53 Å². The fourth-order valence-corrected chi connectivity index (χ4v) is 1.54. The van der Waals surface area contributed by atoms with Crippen LogP contribution in [-0.2, 0) is 4.79 Å². The number of para-hydroxylation sites is 1. The minimum absolute atomic E-state index is 0.230. The molecule has 1 atom stereocenters. The van der Waals surface area contributed by atoms with Crippen molar-refractivity contribution in [2.24, 2.45) is 0 Å². The molecule has 0 aromatic heterocycles. The molecule has 11 heavy (non-hydrogen) atoms. The first-order valence-electron chi connectivity index (χ1n) is 3.24. The number of rotatable bonds is 0. The van der Waals surface area contributed by atoms with Gasteiger partial charge in [0.05, 0.1) is 0 Å². The third kappa shape index (κ3) is 0.959. The van der Waals surface area contributed by atoms with Gasteiger partial charge in [0.2, 0.25) is 0 Å². The number of esters is 1. The molecule has 2 nitrogen and oxygen atoms in total. The van der Waals surface area contributed by atoms with Gasteiger partial charge in [-0.3, -0.25) is 4.79 Å². The van der Waals surface area contributed by atoms with Crippen molar-refractivity contribution in [1.82, 2.24) is 0 Å². The van der Waals surface area contributed by atoms with Gasteiger partial charge in [-0.05, 0) is 6.07 Å². The van der Waals surface area contributed by atoms with Crippen LogP contribution in [0.5, 0.6) is 5.75 Å². The zero-order valence-electron chi connectivity index (χ0n) is 5.58. The number of alkyl halides is 1. The van der Waals surface area contributed by atoms with Crippen LogP contribution in [0.4, 0.5) is 0 Å². The zero-order valence-corrected chi connectivity index (χ0v) is 7.17. The van der Waals surface area contributed by atoms with Gasteiger partial charge in [-0.15, -0.1) is 0 Å². The smallest absolute Gasteiger partial charge is 0.329 e. The van der Waals surface area contributed by atoms with Gasteiger partial charge in [0.1, 0.15) is 10.6 Å². The molecule has 1 aliphatic heterocycles. The van der Waals surface area contributed by atoms with E-state index in [4.69, 9.17) is 4.74 Å². The molecule has 0 fully saturated rings. The summed E-state index contributed by atoms with van der Waals surface area (Å²) in [5.74, 6) is 0.436. The fraction of sp³-hybridized carbons (Fsp3) is 0.125. The average Bonchev–Trinajstić information content (AvgIpc) is 2.30. The van der Waals surface area contributed by atoms with E-state index in [0.717, 1.165) is 5.56 Å². The van der Waals surface area contributed by atoms with Crippen LogP contribution >= 0.6 is 15.9 Å². The summed E-state index contributed by atoms with van der Waals surface area (Å²) < 4.78 is 4.93. The number of carbonyl (C=O) groups is 1. The lowest BCUT2D eigenvalue weighted by molar-refractivity contribution is -0.131. The van der Waals surface area contributed by atoms with Crippen LogP contribution in [0.15, 0.2) is 24.3 Å². The highest BCUT2D eigenvalue weighted by molar-refractivity contribution is 9.09. The normalized spacial score (nSPS) is 21.2.